The first-order valence-electron chi connectivity index (χ1n) is 14.9. The van der Waals surface area contributed by atoms with Crippen molar-refractivity contribution in [2.45, 2.75) is 91.3 Å². The van der Waals surface area contributed by atoms with Gasteiger partial charge in [-0.2, -0.15) is 0 Å². The number of carboxylic acids is 1. The fourth-order valence-electron chi connectivity index (χ4n) is 6.90. The molecule has 4 atom stereocenters. The van der Waals surface area contributed by atoms with Crippen LogP contribution < -0.4 is 0 Å². The molecule has 0 aromatic heterocycles. The average molecular weight is 573 g/mol. The molecule has 6 nitrogen and oxygen atoms in total. The smallest absolute Gasteiger partial charge is 0.310 e. The lowest BCUT2D eigenvalue weighted by Gasteiger charge is -2.24. The summed E-state index contributed by atoms with van der Waals surface area (Å²) in [5.41, 5.74) is 3.66. The number of ether oxygens (including phenoxy) is 2. The van der Waals surface area contributed by atoms with Crippen molar-refractivity contribution in [1.29, 1.82) is 0 Å². The second kappa shape index (κ2) is 10.4. The fraction of sp³-hybridized carbons (Fsp3) is 0.441. The number of hydrogen-bond acceptors (Lipinski definition) is 5. The van der Waals surface area contributed by atoms with Gasteiger partial charge in [0, 0.05) is 12.8 Å². The van der Waals surface area contributed by atoms with E-state index in [1.807, 2.05) is 42.5 Å². The molecule has 4 aliphatic rings. The van der Waals surface area contributed by atoms with Gasteiger partial charge in [0.2, 0.25) is 0 Å². The molecule has 3 saturated carbocycles. The van der Waals surface area contributed by atoms with Crippen LogP contribution in [0.1, 0.15) is 97.7 Å². The second-order valence-electron chi connectivity index (χ2n) is 12.4. The average Bonchev–Trinajstić information content (AvgIpc) is 3.93. The summed E-state index contributed by atoms with van der Waals surface area (Å²) in [5, 5.41) is 10.0. The highest BCUT2D eigenvalue weighted by atomic mass is 32.2. The summed E-state index contributed by atoms with van der Waals surface area (Å²) in [6, 6.07) is 25.6. The largest absolute Gasteiger partial charge is 0.481 e. The van der Waals surface area contributed by atoms with Crippen molar-refractivity contribution in [3.05, 3.63) is 101 Å². The minimum absolute atomic E-state index is 0.112. The van der Waals surface area contributed by atoms with Crippen LogP contribution in [0.25, 0.3) is 0 Å². The number of sulfone groups is 1. The Bertz CT molecular complexity index is 1480. The van der Waals surface area contributed by atoms with E-state index >= 15 is 0 Å². The van der Waals surface area contributed by atoms with Gasteiger partial charge < -0.3 is 14.6 Å². The fourth-order valence-corrected chi connectivity index (χ4v) is 8.82. The van der Waals surface area contributed by atoms with E-state index in [0.717, 1.165) is 48.8 Å². The molecule has 1 aliphatic heterocycles. The van der Waals surface area contributed by atoms with Gasteiger partial charge in [0.05, 0.1) is 16.1 Å². The monoisotopic (exact) mass is 572 g/mol. The van der Waals surface area contributed by atoms with Crippen molar-refractivity contribution in [2.75, 3.05) is 0 Å². The van der Waals surface area contributed by atoms with Gasteiger partial charge in [0.25, 0.3) is 0 Å². The highest BCUT2D eigenvalue weighted by Crippen LogP contribution is 2.55. The van der Waals surface area contributed by atoms with Gasteiger partial charge in [0.15, 0.2) is 15.6 Å². The topological polar surface area (TPSA) is 89.9 Å². The van der Waals surface area contributed by atoms with Crippen LogP contribution in [0.3, 0.4) is 0 Å². The van der Waals surface area contributed by atoms with Crippen LogP contribution in [0.2, 0.25) is 0 Å². The van der Waals surface area contributed by atoms with Gasteiger partial charge in [-0.3, -0.25) is 4.79 Å². The normalized spacial score (nSPS) is 26.3. The minimum atomic E-state index is -3.34. The molecular weight excluding hydrogens is 536 g/mol. The first-order chi connectivity index (χ1) is 19.8. The second-order valence-corrected chi connectivity index (χ2v) is 14.6. The zero-order valence-electron chi connectivity index (χ0n) is 23.0. The maximum Gasteiger partial charge on any atom is 0.310 e. The zero-order chi connectivity index (χ0) is 28.2. The summed E-state index contributed by atoms with van der Waals surface area (Å²) >= 11 is 0. The van der Waals surface area contributed by atoms with Gasteiger partial charge >= 0.3 is 5.97 Å². The van der Waals surface area contributed by atoms with E-state index in [1.54, 1.807) is 12.1 Å². The predicted molar refractivity (Wildman–Crippen MR) is 154 cm³/mol. The summed E-state index contributed by atoms with van der Waals surface area (Å²) in [7, 11) is -3.34. The van der Waals surface area contributed by atoms with Crippen molar-refractivity contribution in [1.82, 2.24) is 0 Å². The van der Waals surface area contributed by atoms with E-state index in [4.69, 9.17) is 9.47 Å². The Kier molecular flexibility index (Phi) is 6.80. The molecule has 0 bridgehead atoms. The Labute approximate surface area is 241 Å². The molecule has 7 rings (SSSR count). The molecule has 41 heavy (non-hydrogen) atoms. The van der Waals surface area contributed by atoms with Gasteiger partial charge in [-0.05, 0) is 78.7 Å². The third-order valence-electron chi connectivity index (χ3n) is 9.34. The third-order valence-corrected chi connectivity index (χ3v) is 11.7. The molecule has 3 aromatic carbocycles. The Balaban J connectivity index is 1.12. The van der Waals surface area contributed by atoms with Crippen LogP contribution in [-0.4, -0.2) is 30.5 Å². The first-order valence-corrected chi connectivity index (χ1v) is 16.4. The lowest BCUT2D eigenvalue weighted by molar-refractivity contribution is -0.173. The van der Waals surface area contributed by atoms with Crippen molar-refractivity contribution in [3.63, 3.8) is 0 Å². The Morgan fingerprint density at radius 1 is 0.854 bits per heavy atom. The van der Waals surface area contributed by atoms with Gasteiger partial charge in [-0.1, -0.05) is 72.8 Å². The van der Waals surface area contributed by atoms with Gasteiger partial charge in [0.1, 0.15) is 12.2 Å². The molecule has 214 valence electrons. The third kappa shape index (κ3) is 5.24. The Morgan fingerprint density at radius 3 is 2.00 bits per heavy atom. The lowest BCUT2D eigenvalue weighted by Crippen LogP contribution is -2.27. The summed E-state index contributed by atoms with van der Waals surface area (Å²) in [6.07, 6.45) is 5.50. The van der Waals surface area contributed by atoms with E-state index in [1.165, 1.54) is 0 Å². The molecule has 3 aromatic rings. The minimum Gasteiger partial charge on any atom is -0.481 e. The van der Waals surface area contributed by atoms with Crippen molar-refractivity contribution >= 4 is 15.8 Å². The van der Waals surface area contributed by atoms with Crippen LogP contribution in [0.15, 0.2) is 83.8 Å². The summed E-state index contributed by atoms with van der Waals surface area (Å²) in [6.45, 7) is 0. The zero-order valence-corrected chi connectivity index (χ0v) is 23.8. The Hall–Kier alpha value is -3.00. The van der Waals surface area contributed by atoms with Crippen molar-refractivity contribution in [3.8, 4) is 0 Å². The van der Waals surface area contributed by atoms with Crippen LogP contribution in [-0.2, 0) is 24.1 Å². The number of carbonyl (C=O) groups is 1. The number of rotatable bonds is 9. The van der Waals surface area contributed by atoms with E-state index in [-0.39, 0.29) is 29.3 Å². The SMILES string of the molecule is O=C(O)C(C[C@H]1CCC2(C1)O[C@H](c1ccccc1)[C@@H](c1ccccc1)O2)c1ccc(S(=O)(=O)C2CC2)c(C2CC2)c1. The predicted octanol–water partition coefficient (Wildman–Crippen LogP) is 7.08. The van der Waals surface area contributed by atoms with Gasteiger partial charge in [-0.15, -0.1) is 0 Å². The van der Waals surface area contributed by atoms with Crippen molar-refractivity contribution in [2.24, 2.45) is 5.92 Å². The van der Waals surface area contributed by atoms with Crippen LogP contribution in [0.5, 0.6) is 0 Å². The summed E-state index contributed by atoms with van der Waals surface area (Å²) in [4.78, 5) is 13.0. The van der Waals surface area contributed by atoms with E-state index in [9.17, 15) is 18.3 Å². The molecule has 1 heterocycles. The number of carboxylic acid groups (broad SMARTS) is 1. The number of aliphatic carboxylic acids is 1. The van der Waals surface area contributed by atoms with Crippen LogP contribution >= 0.6 is 0 Å². The maximum absolute atomic E-state index is 13.1. The molecule has 1 unspecified atom stereocenters. The van der Waals surface area contributed by atoms with Gasteiger partial charge in [-0.25, -0.2) is 8.42 Å². The standard InChI is InChI=1S/C34H36O6S/c35-33(36)29(26-13-16-30(28(20-26)23-11-12-23)41(37,38)27-14-15-27)19-22-17-18-34(21-22)39-31(24-7-3-1-4-8-24)32(40-34)25-9-5-2-6-10-25/h1-10,13,16,20,22-23,27,29,31-32H,11-12,14-15,17-19,21H2,(H,35,36)/t22-,29?,31-,32-/m1/s1. The quantitative estimate of drug-likeness (QED) is 0.295. The lowest BCUT2D eigenvalue weighted by atomic mass is 9.86. The van der Waals surface area contributed by atoms with E-state index < -0.39 is 27.5 Å². The van der Waals surface area contributed by atoms with E-state index in [2.05, 4.69) is 24.3 Å². The Morgan fingerprint density at radius 2 is 1.46 bits per heavy atom. The molecule has 4 fully saturated rings. The molecule has 1 N–H and O–H groups in total. The first kappa shape index (κ1) is 26.9. The highest BCUT2D eigenvalue weighted by molar-refractivity contribution is 7.92. The highest BCUT2D eigenvalue weighted by Gasteiger charge is 2.53. The van der Waals surface area contributed by atoms with E-state index in [0.29, 0.717) is 29.7 Å². The number of benzene rings is 3. The number of hydrogen-bond donors (Lipinski definition) is 1. The van der Waals surface area contributed by atoms with Crippen LogP contribution in [0.4, 0.5) is 0 Å². The molecule has 0 radical (unpaired) electrons. The van der Waals surface area contributed by atoms with Crippen molar-refractivity contribution < 1.29 is 27.8 Å². The van der Waals surface area contributed by atoms with Crippen LogP contribution in [0, 0.1) is 5.92 Å². The molecule has 0 amide bonds. The molecule has 1 spiro atoms. The molecule has 3 aliphatic carbocycles. The summed E-state index contributed by atoms with van der Waals surface area (Å²) in [5.74, 6) is -2.01. The summed E-state index contributed by atoms with van der Waals surface area (Å²) < 4.78 is 39.7. The molecule has 7 heteroatoms. The maximum atomic E-state index is 13.1. The molecule has 1 saturated heterocycles. The molecular formula is C34H36O6S.